The summed E-state index contributed by atoms with van der Waals surface area (Å²) in [7, 11) is 0. The number of H-pyrrole nitrogens is 2. The zero-order valence-electron chi connectivity index (χ0n) is 11.8. The van der Waals surface area contributed by atoms with Gasteiger partial charge in [0.25, 0.3) is 5.56 Å². The van der Waals surface area contributed by atoms with Gasteiger partial charge in [0.1, 0.15) is 22.1 Å². The summed E-state index contributed by atoms with van der Waals surface area (Å²) in [5.74, 6) is -3.49. The predicted octanol–water partition coefficient (Wildman–Crippen LogP) is 1.55. The molecule has 0 fully saturated rings. The molecule has 0 saturated carbocycles. The van der Waals surface area contributed by atoms with Gasteiger partial charge in [-0.15, -0.1) is 0 Å². The molecule has 9 nitrogen and oxygen atoms in total. The molecule has 0 aliphatic rings. The lowest BCUT2D eigenvalue weighted by atomic mass is 9.95. The third-order valence-electron chi connectivity index (χ3n) is 3.47. The summed E-state index contributed by atoms with van der Waals surface area (Å²) < 4.78 is 0. The van der Waals surface area contributed by atoms with Crippen molar-refractivity contribution in [3.8, 4) is 11.1 Å². The molecule has 0 unspecified atom stereocenters. The van der Waals surface area contributed by atoms with Gasteiger partial charge in [0, 0.05) is 10.9 Å². The van der Waals surface area contributed by atoms with Gasteiger partial charge < -0.3 is 20.9 Å². The maximum Gasteiger partial charge on any atom is 0.342 e. The number of pyridine rings is 1. The van der Waals surface area contributed by atoms with Gasteiger partial charge in [0.15, 0.2) is 0 Å². The number of carboxylic acid groups (broad SMARTS) is 2. The summed E-state index contributed by atoms with van der Waals surface area (Å²) in [4.78, 5) is 37.0. The van der Waals surface area contributed by atoms with Gasteiger partial charge in [0.05, 0.1) is 5.52 Å². The van der Waals surface area contributed by atoms with E-state index < -0.39 is 34.4 Å². The minimum atomic E-state index is -1.58. The van der Waals surface area contributed by atoms with Gasteiger partial charge in [-0.25, -0.2) is 9.59 Å². The molecular weight excluding hydrogens is 340 g/mol. The van der Waals surface area contributed by atoms with Crippen molar-refractivity contribution in [3.63, 3.8) is 0 Å². The van der Waals surface area contributed by atoms with Crippen LogP contribution >= 0.6 is 11.6 Å². The monoisotopic (exact) mass is 348 g/mol. The van der Waals surface area contributed by atoms with E-state index in [1.807, 2.05) is 4.98 Å². The fourth-order valence-corrected chi connectivity index (χ4v) is 2.66. The molecule has 0 radical (unpaired) electrons. The number of anilines is 1. The van der Waals surface area contributed by atoms with Crippen molar-refractivity contribution in [1.29, 1.82) is 0 Å². The highest BCUT2D eigenvalue weighted by Crippen LogP contribution is 2.32. The summed E-state index contributed by atoms with van der Waals surface area (Å²) in [5.41, 5.74) is 3.71. The van der Waals surface area contributed by atoms with Crippen molar-refractivity contribution in [2.45, 2.75) is 0 Å². The van der Waals surface area contributed by atoms with Crippen molar-refractivity contribution < 1.29 is 19.8 Å². The molecule has 3 aromatic rings. The Bertz CT molecular complexity index is 1070. The van der Waals surface area contributed by atoms with E-state index in [1.54, 1.807) is 0 Å². The molecule has 10 heteroatoms. The van der Waals surface area contributed by atoms with Crippen LogP contribution in [0.15, 0.2) is 23.0 Å². The highest BCUT2D eigenvalue weighted by atomic mass is 35.5. The second-order valence-electron chi connectivity index (χ2n) is 4.87. The molecule has 6 N–H and O–H groups in total. The fraction of sp³-hybridized carbons (Fsp3) is 0. The van der Waals surface area contributed by atoms with Crippen molar-refractivity contribution in [2.75, 3.05) is 5.73 Å². The molecule has 0 spiro atoms. The van der Waals surface area contributed by atoms with Gasteiger partial charge >= 0.3 is 11.9 Å². The molecule has 2 heterocycles. The molecule has 0 aliphatic carbocycles. The number of rotatable bonds is 3. The molecule has 24 heavy (non-hydrogen) atoms. The minimum Gasteiger partial charge on any atom is -0.478 e. The Morgan fingerprint density at radius 1 is 1.17 bits per heavy atom. The van der Waals surface area contributed by atoms with Crippen LogP contribution < -0.4 is 11.3 Å². The van der Waals surface area contributed by atoms with Crippen LogP contribution in [-0.2, 0) is 0 Å². The number of fused-ring (bicyclic) bond motifs is 1. The number of aromatic nitrogens is 3. The number of nitrogens with two attached hydrogens (primary N) is 1. The Labute approximate surface area is 137 Å². The average Bonchev–Trinajstić information content (AvgIpc) is 2.86. The third-order valence-corrected chi connectivity index (χ3v) is 3.76. The number of aromatic carboxylic acids is 2. The Hall–Kier alpha value is -3.33. The molecule has 122 valence electrons. The molecule has 2 aromatic heterocycles. The van der Waals surface area contributed by atoms with Crippen LogP contribution in [0.2, 0.25) is 5.15 Å². The number of aromatic amines is 2. The summed E-state index contributed by atoms with van der Waals surface area (Å²) in [6.45, 7) is 0. The zero-order valence-corrected chi connectivity index (χ0v) is 12.5. The van der Waals surface area contributed by atoms with Crippen LogP contribution in [0.3, 0.4) is 0 Å². The molecule has 1 aromatic carbocycles. The summed E-state index contributed by atoms with van der Waals surface area (Å²) in [6, 6.07) is 4.39. The van der Waals surface area contributed by atoms with Gasteiger partial charge in [0.2, 0.25) is 0 Å². The Morgan fingerprint density at radius 3 is 2.46 bits per heavy atom. The van der Waals surface area contributed by atoms with Crippen LogP contribution in [0.25, 0.3) is 22.0 Å². The quantitative estimate of drug-likeness (QED) is 0.479. The summed E-state index contributed by atoms with van der Waals surface area (Å²) in [6.07, 6.45) is 0. The predicted molar refractivity (Wildman–Crippen MR) is 85.5 cm³/mol. The van der Waals surface area contributed by atoms with E-state index in [2.05, 4.69) is 10.2 Å². The zero-order chi connectivity index (χ0) is 17.6. The van der Waals surface area contributed by atoms with Crippen LogP contribution in [0.4, 0.5) is 5.82 Å². The maximum atomic E-state index is 12.0. The van der Waals surface area contributed by atoms with Crippen LogP contribution in [-0.4, -0.2) is 37.3 Å². The van der Waals surface area contributed by atoms with Gasteiger partial charge in [-0.05, 0) is 17.7 Å². The fourth-order valence-electron chi connectivity index (χ4n) is 2.47. The Kier molecular flexibility index (Phi) is 3.49. The van der Waals surface area contributed by atoms with Gasteiger partial charge in [-0.1, -0.05) is 17.7 Å². The number of nitrogen functional groups attached to an aromatic ring is 1. The van der Waals surface area contributed by atoms with Crippen LogP contribution in [0.5, 0.6) is 0 Å². The molecule has 3 rings (SSSR count). The van der Waals surface area contributed by atoms with Crippen LogP contribution in [0.1, 0.15) is 20.7 Å². The molecule has 0 bridgehead atoms. The Balaban J connectivity index is 2.47. The average molecular weight is 349 g/mol. The lowest BCUT2D eigenvalue weighted by Crippen LogP contribution is -2.24. The maximum absolute atomic E-state index is 12.0. The number of benzene rings is 1. The standard InChI is InChI=1S/C14H9ClN4O5/c15-10-5-3-4(1-2-6(5)18-19-10)7-8(13(21)22)11(16)17-12(20)9(7)14(23)24/h1-3H,(H,18,19)(H,21,22)(H,23,24)(H3,16,17,20). The van der Waals surface area contributed by atoms with E-state index in [9.17, 15) is 24.6 Å². The highest BCUT2D eigenvalue weighted by molar-refractivity contribution is 6.34. The molecule has 0 aliphatic heterocycles. The van der Waals surface area contributed by atoms with Crippen molar-refractivity contribution in [2.24, 2.45) is 0 Å². The van der Waals surface area contributed by atoms with E-state index in [-0.39, 0.29) is 16.3 Å². The molecule has 0 saturated heterocycles. The second-order valence-corrected chi connectivity index (χ2v) is 5.25. The number of carboxylic acids is 2. The van der Waals surface area contributed by atoms with E-state index in [0.29, 0.717) is 10.9 Å². The van der Waals surface area contributed by atoms with Crippen molar-refractivity contribution in [1.82, 2.24) is 15.2 Å². The van der Waals surface area contributed by atoms with E-state index >= 15 is 0 Å². The number of carbonyl (C=O) groups is 2. The van der Waals surface area contributed by atoms with E-state index in [1.165, 1.54) is 18.2 Å². The minimum absolute atomic E-state index is 0.165. The first-order valence-corrected chi connectivity index (χ1v) is 6.85. The molecular formula is C14H9ClN4O5. The Morgan fingerprint density at radius 2 is 1.83 bits per heavy atom. The lowest BCUT2D eigenvalue weighted by Gasteiger charge is -2.12. The molecule has 0 atom stereocenters. The summed E-state index contributed by atoms with van der Waals surface area (Å²) in [5, 5.41) is 25.8. The topological polar surface area (TPSA) is 162 Å². The number of hydrogen-bond acceptors (Lipinski definition) is 5. The smallest absolute Gasteiger partial charge is 0.342 e. The van der Waals surface area contributed by atoms with E-state index in [0.717, 1.165) is 0 Å². The van der Waals surface area contributed by atoms with Gasteiger partial charge in [-0.2, -0.15) is 5.10 Å². The summed E-state index contributed by atoms with van der Waals surface area (Å²) >= 11 is 5.96. The SMILES string of the molecule is Nc1[nH]c(=O)c(C(=O)O)c(-c2ccc3n[nH]c(Cl)c3c2)c1C(=O)O. The largest absolute Gasteiger partial charge is 0.478 e. The van der Waals surface area contributed by atoms with Crippen molar-refractivity contribution in [3.05, 3.63) is 44.8 Å². The normalized spacial score (nSPS) is 10.9. The number of hydrogen-bond donors (Lipinski definition) is 5. The number of nitrogens with zero attached hydrogens (tertiary/aromatic N) is 1. The first kappa shape index (κ1) is 15.6. The highest BCUT2D eigenvalue weighted by Gasteiger charge is 2.26. The first-order valence-electron chi connectivity index (χ1n) is 6.47. The number of halogens is 1. The number of nitrogens with one attached hydrogen (secondary N) is 2. The second kappa shape index (κ2) is 5.39. The third kappa shape index (κ3) is 2.27. The van der Waals surface area contributed by atoms with E-state index in [4.69, 9.17) is 17.3 Å². The van der Waals surface area contributed by atoms with Crippen LogP contribution in [0, 0.1) is 0 Å². The van der Waals surface area contributed by atoms with Crippen molar-refractivity contribution >= 4 is 40.3 Å². The van der Waals surface area contributed by atoms with Gasteiger partial charge in [-0.3, -0.25) is 9.89 Å². The lowest BCUT2D eigenvalue weighted by molar-refractivity contribution is 0.0695. The first-order chi connectivity index (χ1) is 11.3. The molecule has 0 amide bonds.